The molecule has 0 aliphatic heterocycles. The predicted molar refractivity (Wildman–Crippen MR) is 11.5 cm³/mol. The molecule has 0 rings (SSSR count). The van der Waals surface area contributed by atoms with Gasteiger partial charge in [-0.3, -0.25) is 0 Å². The molecule has 0 aromatic carbocycles. The van der Waals surface area contributed by atoms with Gasteiger partial charge in [0.2, 0.25) is 0 Å². The molecular formula is Cd2Te2. The molecule has 0 aliphatic rings. The molecule has 0 N–H and O–H groups in total. The van der Waals surface area contributed by atoms with Gasteiger partial charge in [0, 0.05) is 0 Å². The molecule has 0 saturated carbocycles. The summed E-state index contributed by atoms with van der Waals surface area (Å²) < 4.78 is 0. The van der Waals surface area contributed by atoms with Gasteiger partial charge in [-0.25, -0.2) is 0 Å². The second kappa shape index (κ2) is 16.1. The van der Waals surface area contributed by atoms with Gasteiger partial charge < -0.3 is 0 Å². The summed E-state index contributed by atoms with van der Waals surface area (Å²) in [6.45, 7) is 0. The maximum absolute atomic E-state index is 2.12. The van der Waals surface area contributed by atoms with E-state index in [2.05, 4.69) is 33.7 Å². The van der Waals surface area contributed by atoms with Gasteiger partial charge in [-0.2, -0.15) is 0 Å². The summed E-state index contributed by atoms with van der Waals surface area (Å²) in [5.41, 5.74) is 0. The van der Waals surface area contributed by atoms with Crippen LogP contribution in [0.15, 0.2) is 0 Å². The van der Waals surface area contributed by atoms with Crippen molar-refractivity contribution >= 4 is 33.7 Å². The summed E-state index contributed by atoms with van der Waals surface area (Å²) in [6.07, 6.45) is 0. The van der Waals surface area contributed by atoms with Crippen LogP contribution < -0.4 is 0 Å². The molecule has 0 unspecified atom stereocenters. The van der Waals surface area contributed by atoms with Gasteiger partial charge in [0.1, 0.15) is 0 Å². The summed E-state index contributed by atoms with van der Waals surface area (Å²) >= 11 is 6.56. The van der Waals surface area contributed by atoms with Crippen molar-refractivity contribution in [3.63, 3.8) is 0 Å². The van der Waals surface area contributed by atoms with E-state index in [1.165, 1.54) is 0 Å². The molecule has 0 aliphatic carbocycles. The van der Waals surface area contributed by atoms with Crippen LogP contribution in [0.4, 0.5) is 0 Å². The molecule has 0 spiro atoms. The number of rotatable bonds is 0. The molecule has 0 aromatic heterocycles. The molecule has 0 aromatic rings. The molecule has 0 fully saturated rings. The summed E-state index contributed by atoms with van der Waals surface area (Å²) in [7, 11) is 0. The van der Waals surface area contributed by atoms with E-state index in [1.54, 1.807) is 0 Å². The van der Waals surface area contributed by atoms with Crippen LogP contribution in [-0.2, 0) is 41.8 Å². The van der Waals surface area contributed by atoms with Gasteiger partial charge >= 0.3 is 75.5 Å². The molecule has 0 bridgehead atoms. The van der Waals surface area contributed by atoms with E-state index in [-0.39, 0.29) is 0 Å². The Kier molecular flexibility index (Phi) is 42.0. The van der Waals surface area contributed by atoms with Crippen LogP contribution in [-0.4, -0.2) is 33.7 Å². The van der Waals surface area contributed by atoms with Crippen molar-refractivity contribution in [2.75, 3.05) is 0 Å². The van der Waals surface area contributed by atoms with Gasteiger partial charge in [-0.1, -0.05) is 0 Å². The first kappa shape index (κ1) is 10.4. The fourth-order valence-electron chi connectivity index (χ4n) is 0. The van der Waals surface area contributed by atoms with E-state index < -0.39 is 0 Å². The van der Waals surface area contributed by atoms with E-state index in [1.807, 2.05) is 0 Å². The quantitative estimate of drug-likeness (QED) is 0.400. The Morgan fingerprint density at radius 3 is 0.750 bits per heavy atom. The van der Waals surface area contributed by atoms with Crippen molar-refractivity contribution in [1.29, 1.82) is 0 Å². The van der Waals surface area contributed by atoms with Crippen LogP contribution in [0.2, 0.25) is 0 Å². The van der Waals surface area contributed by atoms with Gasteiger partial charge in [-0.15, -0.1) is 0 Å². The molecule has 0 amide bonds. The topological polar surface area (TPSA) is 0 Å². The first-order valence-electron chi connectivity index (χ1n) is 0.577. The van der Waals surface area contributed by atoms with Crippen molar-refractivity contribution in [1.82, 2.24) is 0 Å². The monoisotopic (exact) mass is 488 g/mol. The molecule has 16 valence electrons. The zero-order valence-corrected chi connectivity index (χ0v) is 15.0. The normalized spacial score (nSPS) is 3.00. The molecule has 0 radical (unpaired) electrons. The number of hydrogen-bond donors (Lipinski definition) is 0. The number of hydrogen-bond acceptors (Lipinski definition) is 0. The van der Waals surface area contributed by atoms with Crippen molar-refractivity contribution < 1.29 is 41.8 Å². The van der Waals surface area contributed by atoms with Gasteiger partial charge in [0.05, 0.1) is 0 Å². The fraction of sp³-hybridized carbons (Fsp3) is 0. The summed E-state index contributed by atoms with van der Waals surface area (Å²) in [5.74, 6) is 0. The van der Waals surface area contributed by atoms with Crippen molar-refractivity contribution in [3.8, 4) is 0 Å². The van der Waals surface area contributed by atoms with Crippen LogP contribution >= 0.6 is 0 Å². The first-order chi connectivity index (χ1) is 2.00. The van der Waals surface area contributed by atoms with E-state index in [0.717, 1.165) is 41.8 Å². The molecule has 0 nitrogen and oxygen atoms in total. The van der Waals surface area contributed by atoms with Crippen molar-refractivity contribution in [3.05, 3.63) is 0 Å². The van der Waals surface area contributed by atoms with Gasteiger partial charge in [-0.05, 0) is 0 Å². The molecule has 0 atom stereocenters. The van der Waals surface area contributed by atoms with Crippen LogP contribution in [0.1, 0.15) is 0 Å². The van der Waals surface area contributed by atoms with Crippen LogP contribution in [0.5, 0.6) is 0 Å². The van der Waals surface area contributed by atoms with E-state index in [9.17, 15) is 0 Å². The van der Waals surface area contributed by atoms with E-state index >= 15 is 0 Å². The molecule has 0 saturated heterocycles. The standard InChI is InChI=1S/2Cd.2Te. The predicted octanol–water partition coefficient (Wildman–Crippen LogP) is -0.767. The Morgan fingerprint density at radius 1 is 0.750 bits per heavy atom. The minimum atomic E-state index is 1.16. The minimum absolute atomic E-state index is 1.16. The summed E-state index contributed by atoms with van der Waals surface area (Å²) in [5, 5.41) is 0. The fourth-order valence-corrected chi connectivity index (χ4v) is 0. The molecule has 0 heterocycles. The SMILES string of the molecule is [Cd]=[Te].[Cd]=[Te]. The van der Waals surface area contributed by atoms with E-state index in [0.29, 0.717) is 0 Å². The van der Waals surface area contributed by atoms with Crippen LogP contribution in [0.25, 0.3) is 0 Å². The second-order valence-corrected chi connectivity index (χ2v) is 0. The summed E-state index contributed by atoms with van der Waals surface area (Å²) in [4.78, 5) is 0. The third-order valence-corrected chi connectivity index (χ3v) is 0. The molecule has 4 heavy (non-hydrogen) atoms. The first-order valence-corrected chi connectivity index (χ1v) is 26.0. The van der Waals surface area contributed by atoms with Crippen LogP contribution in [0, 0.1) is 0 Å². The molecular weight excluding hydrogens is 480 g/mol. The average Bonchev–Trinajstić information content (AvgIpc) is 1.50. The van der Waals surface area contributed by atoms with Gasteiger partial charge in [0.15, 0.2) is 0 Å². The van der Waals surface area contributed by atoms with Crippen LogP contribution in [0.3, 0.4) is 0 Å². The summed E-state index contributed by atoms with van der Waals surface area (Å²) in [6, 6.07) is 0. The van der Waals surface area contributed by atoms with Crippen molar-refractivity contribution in [2.45, 2.75) is 0 Å². The second-order valence-electron chi connectivity index (χ2n) is 0. The van der Waals surface area contributed by atoms with Crippen molar-refractivity contribution in [2.24, 2.45) is 0 Å². The maximum atomic E-state index is 2.12. The third kappa shape index (κ3) is 9.05. The third-order valence-electron chi connectivity index (χ3n) is 0. The van der Waals surface area contributed by atoms with Gasteiger partial charge in [0.25, 0.3) is 0 Å². The zero-order chi connectivity index (χ0) is 4.00. The average molecular weight is 480 g/mol. The Labute approximate surface area is 73.2 Å². The molecule has 4 heteroatoms. The Balaban J connectivity index is 0. The Bertz CT molecular complexity index is 6.00. The Hall–Kier alpha value is 3.42. The Morgan fingerprint density at radius 2 is 0.750 bits per heavy atom. The zero-order valence-electron chi connectivity index (χ0n) is 2.23. The van der Waals surface area contributed by atoms with E-state index in [4.69, 9.17) is 0 Å².